The van der Waals surface area contributed by atoms with Crippen LogP contribution in [0.15, 0.2) is 160 Å². The van der Waals surface area contributed by atoms with Crippen LogP contribution < -0.4 is 4.90 Å². The molecular formula is C42H25NO2. The molecule has 3 heteroatoms. The lowest BCUT2D eigenvalue weighted by Gasteiger charge is -2.28. The van der Waals surface area contributed by atoms with Gasteiger partial charge in [0.1, 0.15) is 22.3 Å². The van der Waals surface area contributed by atoms with E-state index in [1.807, 2.05) is 24.3 Å². The van der Waals surface area contributed by atoms with E-state index in [2.05, 4.69) is 132 Å². The van der Waals surface area contributed by atoms with Gasteiger partial charge in [-0.3, -0.25) is 0 Å². The number of rotatable bonds is 3. The number of furan rings is 2. The molecule has 2 aromatic heterocycles. The van der Waals surface area contributed by atoms with Crippen molar-refractivity contribution in [3.63, 3.8) is 0 Å². The smallest absolute Gasteiger partial charge is 0.135 e. The van der Waals surface area contributed by atoms with E-state index in [1.54, 1.807) is 0 Å². The molecule has 0 spiro atoms. The Labute approximate surface area is 258 Å². The van der Waals surface area contributed by atoms with Crippen LogP contribution in [0.3, 0.4) is 0 Å². The zero-order chi connectivity index (χ0) is 29.5. The molecule has 0 saturated heterocycles. The Balaban J connectivity index is 1.32. The maximum atomic E-state index is 6.23. The van der Waals surface area contributed by atoms with Gasteiger partial charge in [-0.05, 0) is 81.5 Å². The Morgan fingerprint density at radius 1 is 0.333 bits per heavy atom. The molecule has 0 bridgehead atoms. The fraction of sp³-hybridized carbons (Fsp3) is 0. The van der Waals surface area contributed by atoms with E-state index in [9.17, 15) is 0 Å². The molecule has 0 N–H and O–H groups in total. The van der Waals surface area contributed by atoms with Gasteiger partial charge in [-0.2, -0.15) is 0 Å². The second-order valence-corrected chi connectivity index (χ2v) is 11.7. The molecular weight excluding hydrogens is 550 g/mol. The van der Waals surface area contributed by atoms with Crippen LogP contribution in [0.2, 0.25) is 0 Å². The summed E-state index contributed by atoms with van der Waals surface area (Å²) in [4.78, 5) is 2.39. The first-order valence-corrected chi connectivity index (χ1v) is 15.3. The van der Waals surface area contributed by atoms with Gasteiger partial charge in [-0.25, -0.2) is 0 Å². The molecule has 10 rings (SSSR count). The quantitative estimate of drug-likeness (QED) is 0.196. The number of hydrogen-bond acceptors (Lipinski definition) is 3. The van der Waals surface area contributed by atoms with E-state index < -0.39 is 0 Å². The first-order chi connectivity index (χ1) is 22.3. The average molecular weight is 576 g/mol. The second-order valence-electron chi connectivity index (χ2n) is 11.7. The molecule has 45 heavy (non-hydrogen) atoms. The summed E-state index contributed by atoms with van der Waals surface area (Å²) in [6.45, 7) is 0. The Kier molecular flexibility index (Phi) is 5.00. The van der Waals surface area contributed by atoms with Crippen molar-refractivity contribution in [3.8, 4) is 0 Å². The van der Waals surface area contributed by atoms with Gasteiger partial charge < -0.3 is 13.7 Å². The first-order valence-electron chi connectivity index (χ1n) is 15.3. The Bertz CT molecular complexity index is 2670. The fourth-order valence-electron chi connectivity index (χ4n) is 7.18. The van der Waals surface area contributed by atoms with Crippen molar-refractivity contribution in [2.75, 3.05) is 4.90 Å². The van der Waals surface area contributed by atoms with Crippen LogP contribution in [0.4, 0.5) is 17.1 Å². The molecule has 210 valence electrons. The van der Waals surface area contributed by atoms with Crippen LogP contribution in [0.5, 0.6) is 0 Å². The van der Waals surface area contributed by atoms with Gasteiger partial charge in [0.25, 0.3) is 0 Å². The molecule has 0 aliphatic rings. The van der Waals surface area contributed by atoms with E-state index >= 15 is 0 Å². The van der Waals surface area contributed by atoms with Gasteiger partial charge in [0.05, 0.1) is 5.69 Å². The van der Waals surface area contributed by atoms with Crippen molar-refractivity contribution in [1.82, 2.24) is 0 Å². The van der Waals surface area contributed by atoms with Gasteiger partial charge in [0.2, 0.25) is 0 Å². The molecule has 0 amide bonds. The number of benzene rings is 8. The number of fused-ring (bicyclic) bond motifs is 11. The van der Waals surface area contributed by atoms with Crippen LogP contribution in [-0.2, 0) is 0 Å². The number of nitrogens with zero attached hydrogens (tertiary/aromatic N) is 1. The highest BCUT2D eigenvalue weighted by Crippen LogP contribution is 2.46. The molecule has 0 saturated carbocycles. The summed E-state index contributed by atoms with van der Waals surface area (Å²) in [5.74, 6) is 0. The number of hydrogen-bond donors (Lipinski definition) is 0. The Morgan fingerprint density at radius 2 is 0.822 bits per heavy atom. The van der Waals surface area contributed by atoms with Gasteiger partial charge in [0, 0.05) is 38.3 Å². The largest absolute Gasteiger partial charge is 0.456 e. The third-order valence-corrected chi connectivity index (χ3v) is 9.20. The lowest BCUT2D eigenvalue weighted by molar-refractivity contribution is 0.668. The maximum Gasteiger partial charge on any atom is 0.135 e. The van der Waals surface area contributed by atoms with Crippen LogP contribution in [0.25, 0.3) is 76.2 Å². The summed E-state index contributed by atoms with van der Waals surface area (Å²) in [5, 5.41) is 11.8. The molecule has 0 aliphatic heterocycles. The molecule has 0 radical (unpaired) electrons. The summed E-state index contributed by atoms with van der Waals surface area (Å²) < 4.78 is 12.5. The third kappa shape index (κ3) is 3.58. The molecule has 0 aliphatic carbocycles. The van der Waals surface area contributed by atoms with Crippen LogP contribution in [-0.4, -0.2) is 0 Å². The van der Waals surface area contributed by atoms with Crippen molar-refractivity contribution in [2.45, 2.75) is 0 Å². The standard InChI is InChI=1S/C42H25NO2/c1-2-10-30-26(9-1)17-18-27-23-37(31-11-3-4-14-34(31)42(27)30)43(28-19-21-40-35(24-28)32-12-5-7-15-38(32)44-40)29-20-22-41-36(25-29)33-13-6-8-16-39(33)45-41/h1-25H. The van der Waals surface area contributed by atoms with Crippen molar-refractivity contribution in [2.24, 2.45) is 0 Å². The second kappa shape index (κ2) is 9.22. The number of para-hydroxylation sites is 2. The summed E-state index contributed by atoms with van der Waals surface area (Å²) in [6, 6.07) is 53.9. The highest BCUT2D eigenvalue weighted by atomic mass is 16.3. The predicted octanol–water partition coefficient (Wildman–Crippen LogP) is 12.4. The molecule has 3 nitrogen and oxygen atoms in total. The summed E-state index contributed by atoms with van der Waals surface area (Å²) >= 11 is 0. The average Bonchev–Trinajstić information content (AvgIpc) is 3.66. The van der Waals surface area contributed by atoms with E-state index in [-0.39, 0.29) is 0 Å². The van der Waals surface area contributed by atoms with Crippen molar-refractivity contribution in [3.05, 3.63) is 152 Å². The Morgan fingerprint density at radius 3 is 1.47 bits per heavy atom. The minimum Gasteiger partial charge on any atom is -0.456 e. The fourth-order valence-corrected chi connectivity index (χ4v) is 7.18. The van der Waals surface area contributed by atoms with E-state index in [4.69, 9.17) is 8.83 Å². The first kappa shape index (κ1) is 24.4. The van der Waals surface area contributed by atoms with Gasteiger partial charge in [-0.15, -0.1) is 0 Å². The molecule has 0 unspecified atom stereocenters. The zero-order valence-corrected chi connectivity index (χ0v) is 24.2. The highest BCUT2D eigenvalue weighted by Gasteiger charge is 2.21. The predicted molar refractivity (Wildman–Crippen MR) is 188 cm³/mol. The topological polar surface area (TPSA) is 29.5 Å². The molecule has 0 atom stereocenters. The van der Waals surface area contributed by atoms with Crippen LogP contribution in [0, 0.1) is 0 Å². The minimum absolute atomic E-state index is 0.881. The minimum atomic E-state index is 0.881. The van der Waals surface area contributed by atoms with E-state index in [0.29, 0.717) is 0 Å². The van der Waals surface area contributed by atoms with Crippen LogP contribution in [0.1, 0.15) is 0 Å². The third-order valence-electron chi connectivity index (χ3n) is 9.20. The zero-order valence-electron chi connectivity index (χ0n) is 24.2. The molecule has 8 aromatic carbocycles. The molecule has 10 aromatic rings. The monoisotopic (exact) mass is 575 g/mol. The summed E-state index contributed by atoms with van der Waals surface area (Å²) in [7, 11) is 0. The lowest BCUT2D eigenvalue weighted by Crippen LogP contribution is -2.10. The van der Waals surface area contributed by atoms with E-state index in [0.717, 1.165) is 60.9 Å². The van der Waals surface area contributed by atoms with Crippen LogP contribution >= 0.6 is 0 Å². The molecule has 2 heterocycles. The molecule has 0 fully saturated rings. The summed E-state index contributed by atoms with van der Waals surface area (Å²) in [6.07, 6.45) is 0. The van der Waals surface area contributed by atoms with Gasteiger partial charge >= 0.3 is 0 Å². The van der Waals surface area contributed by atoms with Gasteiger partial charge in [-0.1, -0.05) is 97.1 Å². The Hall–Kier alpha value is -6.06. The van der Waals surface area contributed by atoms with Crippen molar-refractivity contribution in [1.29, 1.82) is 0 Å². The van der Waals surface area contributed by atoms with Crippen molar-refractivity contribution >= 4 is 93.3 Å². The van der Waals surface area contributed by atoms with Crippen molar-refractivity contribution < 1.29 is 8.83 Å². The highest BCUT2D eigenvalue weighted by molar-refractivity contribution is 6.24. The normalized spacial score (nSPS) is 12.0. The maximum absolute atomic E-state index is 6.23. The lowest BCUT2D eigenvalue weighted by atomic mass is 9.94. The number of anilines is 3. The summed E-state index contributed by atoms with van der Waals surface area (Å²) in [5.41, 5.74) is 6.79. The van der Waals surface area contributed by atoms with Gasteiger partial charge in [0.15, 0.2) is 0 Å². The SMILES string of the molecule is c1ccc2c(c1)ccc1cc(N(c3ccc4oc5ccccc5c4c3)c3ccc4oc5ccccc5c4c3)c3ccccc3c12. The van der Waals surface area contributed by atoms with E-state index in [1.165, 1.54) is 32.3 Å².